The molecule has 21 heavy (non-hydrogen) atoms. The molecule has 1 heterocycles. The van der Waals surface area contributed by atoms with Crippen molar-refractivity contribution in [1.82, 2.24) is 15.1 Å². The van der Waals surface area contributed by atoms with Crippen molar-refractivity contribution in [2.75, 3.05) is 0 Å². The average Bonchev–Trinajstić information content (AvgIpc) is 2.80. The highest BCUT2D eigenvalue weighted by atomic mass is 15.3. The highest BCUT2D eigenvalue weighted by Gasteiger charge is 2.20. The van der Waals surface area contributed by atoms with Crippen LogP contribution in [0.15, 0.2) is 30.3 Å². The summed E-state index contributed by atoms with van der Waals surface area (Å²) < 4.78 is 2.04. The Morgan fingerprint density at radius 1 is 1.10 bits per heavy atom. The molecular formula is C18H27N3. The van der Waals surface area contributed by atoms with E-state index < -0.39 is 0 Å². The Bertz CT molecular complexity index is 580. The lowest BCUT2D eigenvalue weighted by Gasteiger charge is -2.28. The van der Waals surface area contributed by atoms with E-state index in [4.69, 9.17) is 5.10 Å². The Kier molecular flexibility index (Phi) is 4.84. The zero-order valence-electron chi connectivity index (χ0n) is 13.9. The van der Waals surface area contributed by atoms with Gasteiger partial charge in [-0.15, -0.1) is 0 Å². The summed E-state index contributed by atoms with van der Waals surface area (Å²) in [6.07, 6.45) is 2.27. The van der Waals surface area contributed by atoms with Crippen LogP contribution >= 0.6 is 0 Å². The molecular weight excluding hydrogens is 258 g/mol. The normalized spacial score (nSPS) is 11.9. The van der Waals surface area contributed by atoms with Crippen LogP contribution in [0.4, 0.5) is 0 Å². The van der Waals surface area contributed by atoms with E-state index in [-0.39, 0.29) is 5.54 Å². The van der Waals surface area contributed by atoms with Gasteiger partial charge in [-0.1, -0.05) is 32.0 Å². The smallest absolute Gasteiger partial charge is 0.0648 e. The van der Waals surface area contributed by atoms with Gasteiger partial charge in [-0.25, -0.2) is 4.68 Å². The van der Waals surface area contributed by atoms with Crippen molar-refractivity contribution in [1.29, 1.82) is 0 Å². The van der Waals surface area contributed by atoms with Gasteiger partial charge in [0.25, 0.3) is 0 Å². The zero-order chi connectivity index (χ0) is 15.5. The first-order chi connectivity index (χ1) is 10.0. The van der Waals surface area contributed by atoms with Crippen molar-refractivity contribution >= 4 is 0 Å². The molecule has 0 fully saturated rings. The van der Waals surface area contributed by atoms with Crippen molar-refractivity contribution in [2.24, 2.45) is 0 Å². The van der Waals surface area contributed by atoms with Gasteiger partial charge in [0.2, 0.25) is 0 Å². The van der Waals surface area contributed by atoms with Gasteiger partial charge in [0.1, 0.15) is 0 Å². The van der Waals surface area contributed by atoms with Crippen molar-refractivity contribution in [3.05, 3.63) is 47.3 Å². The van der Waals surface area contributed by atoms with E-state index in [2.05, 4.69) is 64.2 Å². The van der Waals surface area contributed by atoms with Crippen LogP contribution in [0, 0.1) is 13.8 Å². The summed E-state index contributed by atoms with van der Waals surface area (Å²) in [5.41, 5.74) is 4.97. The highest BCUT2D eigenvalue weighted by molar-refractivity contribution is 5.36. The number of hydrogen-bond acceptors (Lipinski definition) is 2. The lowest BCUT2D eigenvalue weighted by molar-refractivity contribution is 0.329. The number of nitrogens with zero attached hydrogens (tertiary/aromatic N) is 2. The van der Waals surface area contributed by atoms with E-state index >= 15 is 0 Å². The number of aromatic nitrogens is 2. The molecule has 0 spiro atoms. The van der Waals surface area contributed by atoms with Crippen molar-refractivity contribution in [2.45, 2.75) is 59.5 Å². The Morgan fingerprint density at radius 3 is 2.29 bits per heavy atom. The number of nitrogens with one attached hydrogen (secondary N) is 1. The van der Waals surface area contributed by atoms with E-state index in [1.165, 1.54) is 11.3 Å². The SMILES string of the molecule is CCC(C)(CC)NCc1c(C)nn(-c2ccccc2)c1C. The first-order valence-corrected chi connectivity index (χ1v) is 7.86. The highest BCUT2D eigenvalue weighted by Crippen LogP contribution is 2.20. The van der Waals surface area contributed by atoms with E-state index in [0.29, 0.717) is 0 Å². The molecule has 0 aliphatic carbocycles. The molecule has 0 unspecified atom stereocenters. The zero-order valence-corrected chi connectivity index (χ0v) is 13.9. The van der Waals surface area contributed by atoms with Crippen molar-refractivity contribution < 1.29 is 0 Å². The quantitative estimate of drug-likeness (QED) is 0.863. The molecule has 1 aromatic carbocycles. The van der Waals surface area contributed by atoms with Crippen LogP contribution in [-0.4, -0.2) is 15.3 Å². The van der Waals surface area contributed by atoms with Crippen LogP contribution in [0.2, 0.25) is 0 Å². The second kappa shape index (κ2) is 6.44. The predicted octanol–water partition coefficient (Wildman–Crippen LogP) is 4.16. The second-order valence-corrected chi connectivity index (χ2v) is 6.02. The molecule has 3 nitrogen and oxygen atoms in total. The molecule has 0 aliphatic heterocycles. The summed E-state index contributed by atoms with van der Waals surface area (Å²) in [5.74, 6) is 0. The van der Waals surface area contributed by atoms with E-state index in [0.717, 1.165) is 30.8 Å². The van der Waals surface area contributed by atoms with Crippen LogP contribution in [0.25, 0.3) is 5.69 Å². The summed E-state index contributed by atoms with van der Waals surface area (Å²) in [4.78, 5) is 0. The minimum absolute atomic E-state index is 0.202. The van der Waals surface area contributed by atoms with Crippen molar-refractivity contribution in [3.63, 3.8) is 0 Å². The first-order valence-electron chi connectivity index (χ1n) is 7.86. The summed E-state index contributed by atoms with van der Waals surface area (Å²) in [6.45, 7) is 11.9. The summed E-state index contributed by atoms with van der Waals surface area (Å²) in [5, 5.41) is 8.41. The van der Waals surface area contributed by atoms with Crippen LogP contribution in [-0.2, 0) is 6.54 Å². The monoisotopic (exact) mass is 285 g/mol. The Hall–Kier alpha value is -1.61. The van der Waals surface area contributed by atoms with Crippen molar-refractivity contribution in [3.8, 4) is 5.69 Å². The van der Waals surface area contributed by atoms with Crippen LogP contribution in [0.3, 0.4) is 0 Å². The third-order valence-electron chi connectivity index (χ3n) is 4.69. The molecule has 0 aliphatic rings. The molecule has 0 radical (unpaired) electrons. The molecule has 1 aromatic heterocycles. The van der Waals surface area contributed by atoms with E-state index in [9.17, 15) is 0 Å². The number of rotatable bonds is 6. The van der Waals surface area contributed by atoms with Gasteiger partial charge in [0, 0.05) is 23.3 Å². The standard InChI is InChI=1S/C18H27N3/c1-6-18(5,7-2)19-13-17-14(3)20-21(15(17)4)16-11-9-8-10-12-16/h8-12,19H,6-7,13H2,1-5H3. The fraction of sp³-hybridized carbons (Fsp3) is 0.500. The molecule has 0 amide bonds. The minimum Gasteiger partial charge on any atom is -0.307 e. The number of hydrogen-bond donors (Lipinski definition) is 1. The van der Waals surface area contributed by atoms with E-state index in [1.54, 1.807) is 0 Å². The molecule has 0 saturated heterocycles. The lowest BCUT2D eigenvalue weighted by atomic mass is 9.95. The van der Waals surface area contributed by atoms with Gasteiger partial charge in [-0.2, -0.15) is 5.10 Å². The minimum atomic E-state index is 0.202. The molecule has 2 aromatic rings. The molecule has 1 N–H and O–H groups in total. The Morgan fingerprint density at radius 2 is 1.71 bits per heavy atom. The van der Waals surface area contributed by atoms with Gasteiger partial charge >= 0.3 is 0 Å². The molecule has 0 saturated carbocycles. The van der Waals surface area contributed by atoms with Gasteiger partial charge in [0.15, 0.2) is 0 Å². The topological polar surface area (TPSA) is 29.9 Å². The molecule has 3 heteroatoms. The van der Waals surface area contributed by atoms with Gasteiger partial charge in [0.05, 0.1) is 11.4 Å². The lowest BCUT2D eigenvalue weighted by Crippen LogP contribution is -2.40. The maximum Gasteiger partial charge on any atom is 0.0648 e. The summed E-state index contributed by atoms with van der Waals surface area (Å²) in [6, 6.07) is 10.3. The average molecular weight is 285 g/mol. The Balaban J connectivity index is 2.24. The molecule has 0 atom stereocenters. The third-order valence-corrected chi connectivity index (χ3v) is 4.69. The number of benzene rings is 1. The largest absolute Gasteiger partial charge is 0.307 e. The van der Waals surface area contributed by atoms with E-state index in [1.807, 2.05) is 10.7 Å². The number of para-hydroxylation sites is 1. The van der Waals surface area contributed by atoms with Gasteiger partial charge in [-0.3, -0.25) is 0 Å². The van der Waals surface area contributed by atoms with Crippen LogP contribution in [0.1, 0.15) is 50.6 Å². The fourth-order valence-corrected chi connectivity index (χ4v) is 2.55. The fourth-order valence-electron chi connectivity index (χ4n) is 2.55. The maximum atomic E-state index is 4.71. The third kappa shape index (κ3) is 3.35. The molecule has 0 bridgehead atoms. The molecule has 114 valence electrons. The van der Waals surface area contributed by atoms with Crippen LogP contribution in [0.5, 0.6) is 0 Å². The maximum absolute atomic E-state index is 4.71. The second-order valence-electron chi connectivity index (χ2n) is 6.02. The first kappa shape index (κ1) is 15.8. The van der Waals surface area contributed by atoms with Gasteiger partial charge < -0.3 is 5.32 Å². The number of aryl methyl sites for hydroxylation is 1. The summed E-state index contributed by atoms with van der Waals surface area (Å²) >= 11 is 0. The van der Waals surface area contributed by atoms with Gasteiger partial charge in [-0.05, 0) is 45.7 Å². The molecule has 2 rings (SSSR count). The van der Waals surface area contributed by atoms with Crippen LogP contribution < -0.4 is 5.32 Å². The Labute approximate surface area is 128 Å². The summed E-state index contributed by atoms with van der Waals surface area (Å²) in [7, 11) is 0. The predicted molar refractivity (Wildman–Crippen MR) is 88.9 cm³/mol.